The van der Waals surface area contributed by atoms with Gasteiger partial charge in [0.1, 0.15) is 13.2 Å². The van der Waals surface area contributed by atoms with Crippen molar-refractivity contribution in [1.82, 2.24) is 0 Å². The molecule has 0 heterocycles. The van der Waals surface area contributed by atoms with Crippen LogP contribution in [0.3, 0.4) is 0 Å². The van der Waals surface area contributed by atoms with Crippen molar-refractivity contribution in [3.05, 3.63) is 0 Å². The third-order valence-corrected chi connectivity index (χ3v) is 14.9. The summed E-state index contributed by atoms with van der Waals surface area (Å²) in [5.74, 6) is 0.884. The van der Waals surface area contributed by atoms with Crippen LogP contribution in [0.5, 0.6) is 0 Å². The lowest BCUT2D eigenvalue weighted by atomic mass is 9.99. The van der Waals surface area contributed by atoms with E-state index >= 15 is 0 Å². The first-order valence-corrected chi connectivity index (χ1v) is 30.8. The molecule has 0 rings (SSSR count). The number of carbonyl (C=O) groups excluding carboxylic acids is 3. The molecule has 0 spiro atoms. The molecule has 0 radical (unpaired) electrons. The van der Waals surface area contributed by atoms with Crippen LogP contribution in [0.1, 0.15) is 349 Å². The van der Waals surface area contributed by atoms with Gasteiger partial charge in [0.25, 0.3) is 0 Å². The Hall–Kier alpha value is -1.59. The van der Waals surface area contributed by atoms with Crippen LogP contribution in [0.2, 0.25) is 0 Å². The van der Waals surface area contributed by atoms with Gasteiger partial charge in [0.05, 0.1) is 0 Å². The minimum Gasteiger partial charge on any atom is -0.462 e. The standard InChI is InChI=1S/C62H120O6/c1-6-9-10-11-12-13-14-15-16-17-21-25-28-31-34-37-44-49-54-62(65)68-59(56-67-61(64)53-48-43-39-38-41-46-51-58(5)8-3)55-66-60(63)52-47-42-36-33-30-27-24-22-19-18-20-23-26-29-32-35-40-45-50-57(4)7-2/h57-59H,6-56H2,1-5H3/t57?,58?,59-/m1/s1. The van der Waals surface area contributed by atoms with Crippen LogP contribution < -0.4 is 0 Å². The van der Waals surface area contributed by atoms with Crippen molar-refractivity contribution in [2.24, 2.45) is 11.8 Å². The number of esters is 3. The molecule has 6 nitrogen and oxygen atoms in total. The molecule has 0 fully saturated rings. The van der Waals surface area contributed by atoms with Gasteiger partial charge in [-0.25, -0.2) is 0 Å². The van der Waals surface area contributed by atoms with E-state index in [-0.39, 0.29) is 31.1 Å². The molecule has 0 aromatic heterocycles. The minimum absolute atomic E-state index is 0.0631. The monoisotopic (exact) mass is 961 g/mol. The summed E-state index contributed by atoms with van der Waals surface area (Å²) in [6.45, 7) is 11.4. The minimum atomic E-state index is -0.764. The van der Waals surface area contributed by atoms with Gasteiger partial charge in [0, 0.05) is 19.3 Å². The van der Waals surface area contributed by atoms with E-state index in [1.165, 1.54) is 238 Å². The molecule has 0 bridgehead atoms. The first-order chi connectivity index (χ1) is 33.3. The Labute approximate surface area is 425 Å². The van der Waals surface area contributed by atoms with Crippen LogP contribution >= 0.6 is 0 Å². The lowest BCUT2D eigenvalue weighted by Gasteiger charge is -2.18. The highest BCUT2D eigenvalue weighted by molar-refractivity contribution is 5.71. The second-order valence-electron chi connectivity index (χ2n) is 21.8. The number of hydrogen-bond donors (Lipinski definition) is 0. The fraction of sp³-hybridized carbons (Fsp3) is 0.952. The van der Waals surface area contributed by atoms with Gasteiger partial charge < -0.3 is 14.2 Å². The zero-order valence-electron chi connectivity index (χ0n) is 46.7. The van der Waals surface area contributed by atoms with E-state index in [2.05, 4.69) is 34.6 Å². The molecule has 0 saturated heterocycles. The van der Waals surface area contributed by atoms with Crippen molar-refractivity contribution >= 4 is 17.9 Å². The number of rotatable bonds is 56. The Bertz CT molecular complexity index is 1040. The van der Waals surface area contributed by atoms with E-state index in [4.69, 9.17) is 14.2 Å². The van der Waals surface area contributed by atoms with Crippen LogP contribution in [0.4, 0.5) is 0 Å². The molecule has 0 aromatic rings. The zero-order valence-corrected chi connectivity index (χ0v) is 46.7. The van der Waals surface area contributed by atoms with E-state index in [0.717, 1.165) is 69.6 Å². The highest BCUT2D eigenvalue weighted by Crippen LogP contribution is 2.19. The number of hydrogen-bond acceptors (Lipinski definition) is 6. The zero-order chi connectivity index (χ0) is 49.6. The molecule has 2 unspecified atom stereocenters. The summed E-state index contributed by atoms with van der Waals surface area (Å²) in [6.07, 6.45) is 59.6. The summed E-state index contributed by atoms with van der Waals surface area (Å²) in [7, 11) is 0. The first kappa shape index (κ1) is 66.4. The van der Waals surface area contributed by atoms with Crippen molar-refractivity contribution in [3.63, 3.8) is 0 Å². The maximum absolute atomic E-state index is 12.9. The van der Waals surface area contributed by atoms with Gasteiger partial charge in [-0.2, -0.15) is 0 Å². The van der Waals surface area contributed by atoms with Crippen molar-refractivity contribution in [1.29, 1.82) is 0 Å². The van der Waals surface area contributed by atoms with Gasteiger partial charge in [-0.3, -0.25) is 14.4 Å². The number of ether oxygens (including phenoxy) is 3. The molecule has 3 atom stereocenters. The largest absolute Gasteiger partial charge is 0.462 e. The summed E-state index contributed by atoms with van der Waals surface area (Å²) in [6, 6.07) is 0. The van der Waals surface area contributed by atoms with E-state index in [9.17, 15) is 14.4 Å². The van der Waals surface area contributed by atoms with E-state index in [0.29, 0.717) is 19.3 Å². The summed E-state index contributed by atoms with van der Waals surface area (Å²) < 4.78 is 16.9. The third-order valence-electron chi connectivity index (χ3n) is 14.9. The van der Waals surface area contributed by atoms with Crippen LogP contribution in [-0.4, -0.2) is 37.2 Å². The number of unbranched alkanes of at least 4 members (excludes halogenated alkanes) is 39. The van der Waals surface area contributed by atoms with E-state index in [1.807, 2.05) is 0 Å². The lowest BCUT2D eigenvalue weighted by molar-refractivity contribution is -0.167. The van der Waals surface area contributed by atoms with Crippen molar-refractivity contribution in [2.45, 2.75) is 355 Å². The predicted molar refractivity (Wildman–Crippen MR) is 293 cm³/mol. The fourth-order valence-electron chi connectivity index (χ4n) is 9.52. The second kappa shape index (κ2) is 54.7. The predicted octanol–water partition coefficient (Wildman–Crippen LogP) is 20.4. The van der Waals surface area contributed by atoms with Crippen molar-refractivity contribution in [3.8, 4) is 0 Å². The molecule has 6 heteroatoms. The van der Waals surface area contributed by atoms with Gasteiger partial charge in [0.15, 0.2) is 6.10 Å². The summed E-state index contributed by atoms with van der Waals surface area (Å²) in [5, 5.41) is 0. The molecule has 404 valence electrons. The molecule has 0 amide bonds. The first-order valence-electron chi connectivity index (χ1n) is 30.8. The topological polar surface area (TPSA) is 78.9 Å². The normalized spacial score (nSPS) is 12.8. The highest BCUT2D eigenvalue weighted by atomic mass is 16.6. The van der Waals surface area contributed by atoms with Gasteiger partial charge in [0.2, 0.25) is 0 Å². The smallest absolute Gasteiger partial charge is 0.306 e. The molecular formula is C62H120O6. The molecule has 0 aromatic carbocycles. The van der Waals surface area contributed by atoms with Crippen LogP contribution in [0, 0.1) is 11.8 Å². The average Bonchev–Trinajstić information content (AvgIpc) is 3.34. The quantitative estimate of drug-likeness (QED) is 0.0343. The van der Waals surface area contributed by atoms with E-state index in [1.54, 1.807) is 0 Å². The van der Waals surface area contributed by atoms with Crippen LogP contribution in [0.15, 0.2) is 0 Å². The molecular weight excluding hydrogens is 841 g/mol. The van der Waals surface area contributed by atoms with Crippen molar-refractivity contribution < 1.29 is 28.6 Å². The molecule has 0 N–H and O–H groups in total. The van der Waals surface area contributed by atoms with Gasteiger partial charge >= 0.3 is 17.9 Å². The van der Waals surface area contributed by atoms with Gasteiger partial charge in [-0.05, 0) is 31.1 Å². The summed E-state index contributed by atoms with van der Waals surface area (Å²) in [5.41, 5.74) is 0. The Morgan fingerprint density at radius 1 is 0.294 bits per heavy atom. The average molecular weight is 962 g/mol. The Morgan fingerprint density at radius 2 is 0.515 bits per heavy atom. The van der Waals surface area contributed by atoms with E-state index < -0.39 is 6.10 Å². The summed E-state index contributed by atoms with van der Waals surface area (Å²) >= 11 is 0. The third kappa shape index (κ3) is 52.2. The van der Waals surface area contributed by atoms with Crippen LogP contribution in [-0.2, 0) is 28.6 Å². The molecule has 0 aliphatic rings. The molecule has 0 aliphatic carbocycles. The highest BCUT2D eigenvalue weighted by Gasteiger charge is 2.19. The Morgan fingerprint density at radius 3 is 0.765 bits per heavy atom. The maximum atomic E-state index is 12.9. The fourth-order valence-corrected chi connectivity index (χ4v) is 9.52. The Kier molecular flexibility index (Phi) is 53.5. The van der Waals surface area contributed by atoms with Crippen LogP contribution in [0.25, 0.3) is 0 Å². The summed E-state index contributed by atoms with van der Waals surface area (Å²) in [4.78, 5) is 38.2. The molecule has 0 saturated carbocycles. The maximum Gasteiger partial charge on any atom is 0.306 e. The lowest BCUT2D eigenvalue weighted by Crippen LogP contribution is -2.30. The van der Waals surface area contributed by atoms with Crippen molar-refractivity contribution in [2.75, 3.05) is 13.2 Å². The Balaban J connectivity index is 4.20. The van der Waals surface area contributed by atoms with Gasteiger partial charge in [-0.15, -0.1) is 0 Å². The molecule has 68 heavy (non-hydrogen) atoms. The number of carbonyl (C=O) groups is 3. The second-order valence-corrected chi connectivity index (χ2v) is 21.8. The molecule has 0 aliphatic heterocycles. The van der Waals surface area contributed by atoms with Gasteiger partial charge in [-0.1, -0.05) is 311 Å². The SMILES string of the molecule is CCCCCCCCCCCCCCCCCCCCC(=O)O[C@H](COC(=O)CCCCCCCCCCCCCCCCCCCCC(C)CC)COC(=O)CCCCCCCCC(C)CC.